The molecular weight excluding hydrogens is 296 g/mol. The van der Waals surface area contributed by atoms with Gasteiger partial charge in [-0.2, -0.15) is 5.10 Å². The molecule has 1 heterocycles. The number of ether oxygens (including phenoxy) is 1. The summed E-state index contributed by atoms with van der Waals surface area (Å²) >= 11 is 0. The Bertz CT molecular complexity index is 861. The summed E-state index contributed by atoms with van der Waals surface area (Å²) in [6, 6.07) is 14.9. The molecule has 0 unspecified atom stereocenters. The van der Waals surface area contributed by atoms with E-state index in [0.29, 0.717) is 6.61 Å². The highest BCUT2D eigenvalue weighted by molar-refractivity contribution is 5.82. The highest BCUT2D eigenvalue weighted by atomic mass is 16.5. The number of aryl methyl sites for hydroxylation is 2. The molecule has 0 spiro atoms. The van der Waals surface area contributed by atoms with E-state index >= 15 is 0 Å². The van der Waals surface area contributed by atoms with Crippen LogP contribution in [0.5, 0.6) is 5.75 Å². The average Bonchev–Trinajstić information content (AvgIpc) is 3.35. The summed E-state index contributed by atoms with van der Waals surface area (Å²) in [4.78, 5) is 0. The Hall–Kier alpha value is -2.29. The molecule has 0 N–H and O–H groups in total. The van der Waals surface area contributed by atoms with E-state index < -0.39 is 0 Å². The zero-order valence-corrected chi connectivity index (χ0v) is 14.5. The van der Waals surface area contributed by atoms with Crippen LogP contribution in [0.3, 0.4) is 0 Å². The molecule has 2 aromatic carbocycles. The van der Waals surface area contributed by atoms with Crippen LogP contribution in [0.4, 0.5) is 0 Å². The van der Waals surface area contributed by atoms with Crippen LogP contribution in [-0.2, 0) is 19.6 Å². The van der Waals surface area contributed by atoms with E-state index in [1.54, 1.807) is 0 Å². The van der Waals surface area contributed by atoms with Crippen molar-refractivity contribution in [1.82, 2.24) is 9.78 Å². The summed E-state index contributed by atoms with van der Waals surface area (Å²) in [5.74, 6) is 1.78. The lowest BCUT2D eigenvalue weighted by atomic mass is 10.1. The molecule has 3 nitrogen and oxygen atoms in total. The molecule has 24 heavy (non-hydrogen) atoms. The molecule has 1 aliphatic carbocycles. The Morgan fingerprint density at radius 2 is 2.00 bits per heavy atom. The van der Waals surface area contributed by atoms with Crippen LogP contribution in [0.15, 0.2) is 42.5 Å². The van der Waals surface area contributed by atoms with Gasteiger partial charge in [-0.15, -0.1) is 0 Å². The zero-order chi connectivity index (χ0) is 16.5. The topological polar surface area (TPSA) is 27.1 Å². The number of rotatable bonds is 6. The van der Waals surface area contributed by atoms with Crippen molar-refractivity contribution < 1.29 is 4.74 Å². The molecule has 0 saturated heterocycles. The Morgan fingerprint density at radius 3 is 2.79 bits per heavy atom. The third-order valence-corrected chi connectivity index (χ3v) is 4.83. The van der Waals surface area contributed by atoms with Crippen LogP contribution in [0.25, 0.3) is 10.9 Å². The standard InChI is InChI=1S/C21H24N2O/c1-3-17-6-4-5-7-21(17)24-14-19-18-12-15(2)8-11-20(18)23(22-19)13-16-9-10-16/h4-8,11-12,16H,3,9-10,13-14H2,1-2H3. The second-order valence-electron chi connectivity index (χ2n) is 6.84. The zero-order valence-electron chi connectivity index (χ0n) is 14.5. The molecule has 124 valence electrons. The highest BCUT2D eigenvalue weighted by Crippen LogP contribution is 2.32. The summed E-state index contributed by atoms with van der Waals surface area (Å²) in [7, 11) is 0. The number of hydrogen-bond acceptors (Lipinski definition) is 2. The molecule has 0 bridgehead atoms. The minimum absolute atomic E-state index is 0.522. The van der Waals surface area contributed by atoms with E-state index in [2.05, 4.69) is 48.9 Å². The fraction of sp³-hybridized carbons (Fsp3) is 0.381. The second-order valence-corrected chi connectivity index (χ2v) is 6.84. The first-order valence-electron chi connectivity index (χ1n) is 8.91. The normalized spacial score (nSPS) is 14.2. The maximum atomic E-state index is 6.12. The van der Waals surface area contributed by atoms with Gasteiger partial charge < -0.3 is 4.74 Å². The van der Waals surface area contributed by atoms with Gasteiger partial charge in [0.2, 0.25) is 0 Å². The number of nitrogens with zero attached hydrogens (tertiary/aromatic N) is 2. The Kier molecular flexibility index (Phi) is 4.01. The lowest BCUT2D eigenvalue weighted by Gasteiger charge is -2.09. The van der Waals surface area contributed by atoms with Crippen molar-refractivity contribution in [2.24, 2.45) is 5.92 Å². The third-order valence-electron chi connectivity index (χ3n) is 4.83. The molecule has 0 radical (unpaired) electrons. The van der Waals surface area contributed by atoms with Crippen molar-refractivity contribution in [1.29, 1.82) is 0 Å². The van der Waals surface area contributed by atoms with Gasteiger partial charge >= 0.3 is 0 Å². The summed E-state index contributed by atoms with van der Waals surface area (Å²) in [5.41, 5.74) is 4.79. The minimum atomic E-state index is 0.522. The van der Waals surface area contributed by atoms with Crippen LogP contribution in [0.1, 0.15) is 36.6 Å². The first-order chi connectivity index (χ1) is 11.7. The molecule has 0 atom stereocenters. The van der Waals surface area contributed by atoms with Crippen LogP contribution >= 0.6 is 0 Å². The smallest absolute Gasteiger partial charge is 0.133 e. The van der Waals surface area contributed by atoms with Gasteiger partial charge in [-0.05, 0) is 55.9 Å². The van der Waals surface area contributed by atoms with E-state index in [1.807, 2.05) is 12.1 Å². The van der Waals surface area contributed by atoms with Gasteiger partial charge in [0.05, 0.1) is 5.52 Å². The molecular formula is C21H24N2O. The lowest BCUT2D eigenvalue weighted by Crippen LogP contribution is -2.04. The van der Waals surface area contributed by atoms with Gasteiger partial charge in [0.1, 0.15) is 18.1 Å². The maximum Gasteiger partial charge on any atom is 0.133 e. The fourth-order valence-electron chi connectivity index (χ4n) is 3.23. The lowest BCUT2D eigenvalue weighted by molar-refractivity contribution is 0.297. The fourth-order valence-corrected chi connectivity index (χ4v) is 3.23. The molecule has 1 saturated carbocycles. The number of para-hydroxylation sites is 1. The predicted octanol–water partition coefficient (Wildman–Crippen LogP) is 4.90. The molecule has 1 aliphatic rings. The molecule has 1 aromatic heterocycles. The molecule has 3 heteroatoms. The van der Waals surface area contributed by atoms with E-state index in [1.165, 1.54) is 34.9 Å². The van der Waals surface area contributed by atoms with Gasteiger partial charge in [0.25, 0.3) is 0 Å². The van der Waals surface area contributed by atoms with E-state index in [4.69, 9.17) is 9.84 Å². The van der Waals surface area contributed by atoms with Crippen LogP contribution < -0.4 is 4.74 Å². The largest absolute Gasteiger partial charge is 0.487 e. The van der Waals surface area contributed by atoms with E-state index in [-0.39, 0.29) is 0 Å². The Morgan fingerprint density at radius 1 is 1.17 bits per heavy atom. The summed E-state index contributed by atoms with van der Waals surface area (Å²) in [6.07, 6.45) is 3.65. The van der Waals surface area contributed by atoms with Gasteiger partial charge in [0.15, 0.2) is 0 Å². The second kappa shape index (κ2) is 6.31. The van der Waals surface area contributed by atoms with Crippen LogP contribution in [0, 0.1) is 12.8 Å². The van der Waals surface area contributed by atoms with Crippen LogP contribution in [-0.4, -0.2) is 9.78 Å². The molecule has 0 amide bonds. The molecule has 3 aromatic rings. The monoisotopic (exact) mass is 320 g/mol. The first-order valence-corrected chi connectivity index (χ1v) is 8.91. The number of fused-ring (bicyclic) bond motifs is 1. The van der Waals surface area contributed by atoms with Crippen molar-refractivity contribution in [3.05, 3.63) is 59.3 Å². The van der Waals surface area contributed by atoms with E-state index in [9.17, 15) is 0 Å². The summed E-state index contributed by atoms with van der Waals surface area (Å²) < 4.78 is 8.30. The minimum Gasteiger partial charge on any atom is -0.487 e. The van der Waals surface area contributed by atoms with Gasteiger partial charge in [-0.1, -0.05) is 36.8 Å². The van der Waals surface area contributed by atoms with Crippen molar-refractivity contribution in [2.75, 3.05) is 0 Å². The molecule has 1 fully saturated rings. The van der Waals surface area contributed by atoms with Gasteiger partial charge in [0, 0.05) is 11.9 Å². The van der Waals surface area contributed by atoms with Gasteiger partial charge in [-0.25, -0.2) is 0 Å². The highest BCUT2D eigenvalue weighted by Gasteiger charge is 2.23. The first kappa shape index (κ1) is 15.3. The summed E-state index contributed by atoms with van der Waals surface area (Å²) in [5, 5.41) is 6.10. The van der Waals surface area contributed by atoms with Crippen LogP contribution in [0.2, 0.25) is 0 Å². The SMILES string of the molecule is CCc1ccccc1OCc1nn(CC2CC2)c2ccc(C)cc12. The van der Waals surface area contributed by atoms with Crippen molar-refractivity contribution in [3.63, 3.8) is 0 Å². The Labute approximate surface area is 143 Å². The van der Waals surface area contributed by atoms with Gasteiger partial charge in [-0.3, -0.25) is 4.68 Å². The average molecular weight is 320 g/mol. The number of aromatic nitrogens is 2. The maximum absolute atomic E-state index is 6.12. The van der Waals surface area contributed by atoms with E-state index in [0.717, 1.165) is 30.3 Å². The third kappa shape index (κ3) is 3.03. The number of hydrogen-bond donors (Lipinski definition) is 0. The van der Waals surface area contributed by atoms with Crippen molar-refractivity contribution >= 4 is 10.9 Å². The molecule has 0 aliphatic heterocycles. The Balaban J connectivity index is 1.64. The quantitative estimate of drug-likeness (QED) is 0.646. The van der Waals surface area contributed by atoms with Crippen molar-refractivity contribution in [3.8, 4) is 5.75 Å². The number of benzene rings is 2. The van der Waals surface area contributed by atoms with Crippen molar-refractivity contribution in [2.45, 2.75) is 46.3 Å². The molecule has 4 rings (SSSR count). The summed E-state index contributed by atoms with van der Waals surface area (Å²) in [6.45, 7) is 5.85. The predicted molar refractivity (Wildman–Crippen MR) is 97.3 cm³/mol.